The van der Waals surface area contributed by atoms with Gasteiger partial charge in [0.25, 0.3) is 0 Å². The Balaban J connectivity index is 2.01. The molecule has 0 saturated carbocycles. The van der Waals surface area contributed by atoms with E-state index in [4.69, 9.17) is 39.3 Å². The highest BCUT2D eigenvalue weighted by molar-refractivity contribution is 6.35. The molecular weight excluding hydrogens is 405 g/mol. The number of nitrogens with zero attached hydrogens (tertiary/aromatic N) is 1. The summed E-state index contributed by atoms with van der Waals surface area (Å²) in [7, 11) is 0. The van der Waals surface area contributed by atoms with E-state index in [1.165, 1.54) is 0 Å². The highest BCUT2D eigenvalue weighted by Gasteiger charge is 2.22. The van der Waals surface area contributed by atoms with E-state index in [2.05, 4.69) is 5.16 Å². The summed E-state index contributed by atoms with van der Waals surface area (Å²) in [4.78, 5) is 0. The monoisotopic (exact) mass is 415 g/mol. The quantitative estimate of drug-likeness (QED) is 0.380. The first-order valence-electron chi connectivity index (χ1n) is 8.03. The van der Waals surface area contributed by atoms with Crippen LogP contribution < -0.4 is 0 Å². The summed E-state index contributed by atoms with van der Waals surface area (Å²) < 4.78 is 5.69. The molecule has 1 heterocycles. The molecule has 0 radical (unpaired) electrons. The second-order valence-corrected chi connectivity index (χ2v) is 7.20. The number of halogens is 3. The molecule has 0 unspecified atom stereocenters. The van der Waals surface area contributed by atoms with Gasteiger partial charge in [0.15, 0.2) is 5.76 Å². The predicted molar refractivity (Wildman–Crippen MR) is 110 cm³/mol. The lowest BCUT2D eigenvalue weighted by Gasteiger charge is -2.08. The number of hydrogen-bond donors (Lipinski definition) is 1. The van der Waals surface area contributed by atoms with Crippen LogP contribution in [0.3, 0.4) is 0 Å². The number of hydrogen-bond acceptors (Lipinski definition) is 3. The molecule has 0 aliphatic rings. The molecule has 0 aliphatic carbocycles. The van der Waals surface area contributed by atoms with Crippen LogP contribution in [0.2, 0.25) is 15.1 Å². The van der Waals surface area contributed by atoms with E-state index in [0.717, 1.165) is 22.3 Å². The van der Waals surface area contributed by atoms with E-state index in [-0.39, 0.29) is 5.75 Å². The average Bonchev–Trinajstić information content (AvgIpc) is 3.07. The highest BCUT2D eigenvalue weighted by Crippen LogP contribution is 2.43. The maximum absolute atomic E-state index is 9.58. The van der Waals surface area contributed by atoms with Crippen LogP contribution in [0.4, 0.5) is 0 Å². The van der Waals surface area contributed by atoms with Crippen molar-refractivity contribution in [1.82, 2.24) is 5.16 Å². The number of benzene rings is 3. The molecule has 0 fully saturated rings. The third-order valence-corrected chi connectivity index (χ3v) is 4.87. The van der Waals surface area contributed by atoms with Gasteiger partial charge in [0, 0.05) is 21.2 Å². The summed E-state index contributed by atoms with van der Waals surface area (Å²) in [5.41, 5.74) is 3.55. The van der Waals surface area contributed by atoms with Gasteiger partial charge < -0.3 is 9.63 Å². The van der Waals surface area contributed by atoms with Gasteiger partial charge in [0.05, 0.1) is 10.6 Å². The summed E-state index contributed by atoms with van der Waals surface area (Å²) >= 11 is 18.8. The Bertz CT molecular complexity index is 1100. The Morgan fingerprint density at radius 2 is 1.44 bits per heavy atom. The van der Waals surface area contributed by atoms with Crippen LogP contribution in [-0.2, 0) is 0 Å². The predicted octanol–water partition coefficient (Wildman–Crippen LogP) is 7.34. The summed E-state index contributed by atoms with van der Waals surface area (Å²) in [6, 6.07) is 19.3. The van der Waals surface area contributed by atoms with Crippen molar-refractivity contribution in [1.29, 1.82) is 0 Å². The fourth-order valence-electron chi connectivity index (χ4n) is 2.90. The summed E-state index contributed by atoms with van der Waals surface area (Å²) in [5, 5.41) is 15.4. The van der Waals surface area contributed by atoms with E-state index in [1.807, 2.05) is 18.2 Å². The van der Waals surface area contributed by atoms with E-state index in [1.54, 1.807) is 48.5 Å². The Morgan fingerprint density at radius 1 is 0.778 bits per heavy atom. The van der Waals surface area contributed by atoms with E-state index in [0.29, 0.717) is 26.5 Å². The Labute approximate surface area is 170 Å². The van der Waals surface area contributed by atoms with Crippen molar-refractivity contribution in [3.05, 3.63) is 81.8 Å². The van der Waals surface area contributed by atoms with Crippen LogP contribution in [0.1, 0.15) is 0 Å². The molecule has 0 spiro atoms. The molecule has 4 aromatic rings. The minimum atomic E-state index is 0.164. The fourth-order valence-corrected chi connectivity index (χ4v) is 3.65. The van der Waals surface area contributed by atoms with Gasteiger partial charge in [-0.3, -0.25) is 0 Å². The van der Waals surface area contributed by atoms with Crippen LogP contribution in [0, 0.1) is 0 Å². The largest absolute Gasteiger partial charge is 0.508 e. The molecule has 134 valence electrons. The van der Waals surface area contributed by atoms with Gasteiger partial charge in [-0.2, -0.15) is 0 Å². The first-order valence-corrected chi connectivity index (χ1v) is 9.17. The second-order valence-electron chi connectivity index (χ2n) is 5.92. The Kier molecular flexibility index (Phi) is 4.83. The topological polar surface area (TPSA) is 46.3 Å². The lowest BCUT2D eigenvalue weighted by atomic mass is 9.96. The maximum atomic E-state index is 9.58. The molecule has 3 aromatic carbocycles. The lowest BCUT2D eigenvalue weighted by molar-refractivity contribution is 0.435. The van der Waals surface area contributed by atoms with E-state index >= 15 is 0 Å². The van der Waals surface area contributed by atoms with Crippen molar-refractivity contribution in [2.45, 2.75) is 0 Å². The number of aromatic nitrogens is 1. The van der Waals surface area contributed by atoms with Gasteiger partial charge in [0.2, 0.25) is 0 Å². The number of aromatic hydroxyl groups is 1. The van der Waals surface area contributed by atoms with Gasteiger partial charge >= 0.3 is 0 Å². The van der Waals surface area contributed by atoms with Crippen LogP contribution in [0.15, 0.2) is 71.3 Å². The van der Waals surface area contributed by atoms with Crippen molar-refractivity contribution in [2.24, 2.45) is 0 Å². The zero-order valence-electron chi connectivity index (χ0n) is 13.8. The molecule has 3 nitrogen and oxygen atoms in total. The minimum Gasteiger partial charge on any atom is -0.508 e. The number of phenols is 1. The van der Waals surface area contributed by atoms with E-state index in [9.17, 15) is 5.11 Å². The summed E-state index contributed by atoms with van der Waals surface area (Å²) in [6.45, 7) is 0. The molecule has 0 amide bonds. The fraction of sp³-hybridized carbons (Fsp3) is 0. The molecule has 1 N–H and O–H groups in total. The van der Waals surface area contributed by atoms with E-state index < -0.39 is 0 Å². The minimum absolute atomic E-state index is 0.164. The Hall–Kier alpha value is -2.46. The van der Waals surface area contributed by atoms with Crippen molar-refractivity contribution in [3.8, 4) is 39.5 Å². The van der Waals surface area contributed by atoms with Crippen molar-refractivity contribution >= 4 is 34.8 Å². The molecule has 0 atom stereocenters. The standard InChI is InChI=1S/C21H12Cl3NO2/c22-14-9-13(10-15(23)11-14)19-20(17-3-1-2-4-18(17)24)25-27-21(19)12-5-7-16(26)8-6-12/h1-11,26H. The smallest absolute Gasteiger partial charge is 0.175 e. The molecule has 0 aliphatic heterocycles. The average molecular weight is 417 g/mol. The van der Waals surface area contributed by atoms with Crippen molar-refractivity contribution in [2.75, 3.05) is 0 Å². The summed E-state index contributed by atoms with van der Waals surface area (Å²) in [5.74, 6) is 0.695. The maximum Gasteiger partial charge on any atom is 0.175 e. The third-order valence-electron chi connectivity index (χ3n) is 4.10. The first kappa shape index (κ1) is 17.9. The van der Waals surface area contributed by atoms with Gasteiger partial charge in [-0.1, -0.05) is 58.2 Å². The van der Waals surface area contributed by atoms with Gasteiger partial charge in [-0.25, -0.2) is 0 Å². The van der Waals surface area contributed by atoms with Crippen molar-refractivity contribution in [3.63, 3.8) is 0 Å². The highest BCUT2D eigenvalue weighted by atomic mass is 35.5. The number of rotatable bonds is 3. The molecule has 4 rings (SSSR count). The lowest BCUT2D eigenvalue weighted by Crippen LogP contribution is -1.87. The van der Waals surface area contributed by atoms with Gasteiger partial charge in [-0.15, -0.1) is 0 Å². The summed E-state index contributed by atoms with van der Waals surface area (Å²) in [6.07, 6.45) is 0. The molecule has 6 heteroatoms. The first-order chi connectivity index (χ1) is 13.0. The van der Waals surface area contributed by atoms with Gasteiger partial charge in [0.1, 0.15) is 11.4 Å². The normalized spacial score (nSPS) is 10.9. The van der Waals surface area contributed by atoms with Crippen molar-refractivity contribution < 1.29 is 9.63 Å². The molecule has 0 bridgehead atoms. The molecule has 1 aromatic heterocycles. The van der Waals surface area contributed by atoms with Crippen LogP contribution in [0.5, 0.6) is 5.75 Å². The zero-order valence-corrected chi connectivity index (χ0v) is 16.1. The zero-order chi connectivity index (χ0) is 19.0. The van der Waals surface area contributed by atoms with Crippen LogP contribution in [0.25, 0.3) is 33.7 Å². The van der Waals surface area contributed by atoms with Gasteiger partial charge in [-0.05, 0) is 54.1 Å². The third kappa shape index (κ3) is 3.54. The molecule has 0 saturated heterocycles. The van der Waals surface area contributed by atoms with Crippen LogP contribution >= 0.6 is 34.8 Å². The SMILES string of the molecule is Oc1ccc(-c2onc(-c3ccccc3Cl)c2-c2cc(Cl)cc(Cl)c2)cc1. The van der Waals surface area contributed by atoms with Crippen LogP contribution in [-0.4, -0.2) is 10.3 Å². The molecular formula is C21H12Cl3NO2. The molecule has 27 heavy (non-hydrogen) atoms. The Morgan fingerprint density at radius 3 is 2.11 bits per heavy atom. The number of phenolic OH excluding ortho intramolecular Hbond substituents is 1. The second kappa shape index (κ2) is 7.28.